The molecule has 1 aliphatic carbocycles. The molecule has 4 rings (SSSR count). The number of rotatable bonds is 5. The molecule has 186 valence electrons. The van der Waals surface area contributed by atoms with E-state index in [9.17, 15) is 4.79 Å². The Morgan fingerprint density at radius 1 is 1.15 bits per heavy atom. The zero-order valence-corrected chi connectivity index (χ0v) is 19.6. The van der Waals surface area contributed by atoms with E-state index in [1.807, 2.05) is 24.4 Å². The molecule has 2 aliphatic rings. The van der Waals surface area contributed by atoms with Gasteiger partial charge in [0.1, 0.15) is 5.82 Å². The van der Waals surface area contributed by atoms with Crippen LogP contribution < -0.4 is 10.6 Å². The maximum absolute atomic E-state index is 12.6. The quantitative estimate of drug-likeness (QED) is 0.514. The molecule has 3 atom stereocenters. The number of nitrogens with one attached hydrogen (secondary N) is 2. The van der Waals surface area contributed by atoms with Crippen molar-refractivity contribution in [2.75, 3.05) is 13.2 Å². The second-order valence-corrected chi connectivity index (χ2v) is 8.19. The normalized spacial score (nSPS) is 20.9. The van der Waals surface area contributed by atoms with Crippen LogP contribution in [0.25, 0.3) is 0 Å². The predicted molar refractivity (Wildman–Crippen MR) is 125 cm³/mol. The lowest BCUT2D eigenvalue weighted by Gasteiger charge is -2.39. The summed E-state index contributed by atoms with van der Waals surface area (Å²) in [5.41, 5.74) is 1.22. The van der Waals surface area contributed by atoms with Gasteiger partial charge in [-0.3, -0.25) is 14.4 Å². The Kier molecular flexibility index (Phi) is 11.2. The van der Waals surface area contributed by atoms with Crippen molar-refractivity contribution < 1.29 is 29.3 Å². The number of carboxylic acids is 2. The first kappa shape index (κ1) is 27.0. The molecule has 1 saturated heterocycles. The molecule has 1 amide bonds. The summed E-state index contributed by atoms with van der Waals surface area (Å²) in [5, 5.41) is 21.4. The number of carbonyl (C=O) groups excluding carboxylic acids is 1. The summed E-state index contributed by atoms with van der Waals surface area (Å²) in [6.45, 7) is 5.06. The Balaban J connectivity index is 0.000000446. The number of aromatic nitrogens is 2. The van der Waals surface area contributed by atoms with Crippen molar-refractivity contribution in [3.8, 4) is 0 Å². The lowest BCUT2D eigenvalue weighted by molar-refractivity contribution is -0.135. The average molecular weight is 475 g/mol. The third-order valence-corrected chi connectivity index (χ3v) is 5.42. The fraction of sp³-hybridized carbons (Fsp3) is 0.500. The monoisotopic (exact) mass is 474 g/mol. The highest BCUT2D eigenvalue weighted by atomic mass is 16.5. The van der Waals surface area contributed by atoms with Gasteiger partial charge in [-0.25, -0.2) is 4.98 Å². The van der Waals surface area contributed by atoms with Gasteiger partial charge in [0.25, 0.3) is 11.9 Å². The van der Waals surface area contributed by atoms with E-state index in [0.29, 0.717) is 12.6 Å². The van der Waals surface area contributed by atoms with Gasteiger partial charge in [0, 0.05) is 51.3 Å². The maximum atomic E-state index is 12.6. The zero-order valence-electron chi connectivity index (χ0n) is 19.6. The minimum atomic E-state index is -0.833. The molecule has 0 unspecified atom stereocenters. The van der Waals surface area contributed by atoms with Gasteiger partial charge in [-0.15, -0.1) is 0 Å². The highest BCUT2D eigenvalue weighted by Crippen LogP contribution is 2.28. The van der Waals surface area contributed by atoms with E-state index in [4.69, 9.17) is 24.5 Å². The number of imidazole rings is 1. The van der Waals surface area contributed by atoms with Crippen LogP contribution in [0.1, 0.15) is 44.5 Å². The van der Waals surface area contributed by atoms with Crippen LogP contribution in [-0.2, 0) is 32.2 Å². The molecule has 2 aromatic rings. The minimum Gasteiger partial charge on any atom is -0.481 e. The largest absolute Gasteiger partial charge is 0.481 e. The van der Waals surface area contributed by atoms with Gasteiger partial charge in [0.05, 0.1) is 19.3 Å². The fourth-order valence-corrected chi connectivity index (χ4v) is 3.99. The van der Waals surface area contributed by atoms with Crippen LogP contribution in [0.5, 0.6) is 0 Å². The molecule has 0 bridgehead atoms. The molecule has 0 radical (unpaired) electrons. The second-order valence-electron chi connectivity index (χ2n) is 8.19. The van der Waals surface area contributed by atoms with Crippen LogP contribution in [0.15, 0.2) is 42.7 Å². The summed E-state index contributed by atoms with van der Waals surface area (Å²) >= 11 is 0. The van der Waals surface area contributed by atoms with Crippen molar-refractivity contribution in [1.82, 2.24) is 20.2 Å². The summed E-state index contributed by atoms with van der Waals surface area (Å²) < 4.78 is 7.88. The van der Waals surface area contributed by atoms with Crippen molar-refractivity contribution in [1.29, 1.82) is 0 Å². The van der Waals surface area contributed by atoms with E-state index in [1.54, 1.807) is 6.20 Å². The summed E-state index contributed by atoms with van der Waals surface area (Å²) in [4.78, 5) is 35.0. The summed E-state index contributed by atoms with van der Waals surface area (Å²) in [6, 6.07) is 10.6. The number of benzene rings is 1. The predicted octanol–water partition coefficient (Wildman–Crippen LogP) is 1.89. The molecule has 10 nitrogen and oxygen atoms in total. The SMILES string of the molecule is CC(=O)O.CC(=O)O.O=C(NCc1nccn1Cc1ccccc1)[C@H]1CC[C@H]2OCCN[C@@H]2C1. The second kappa shape index (κ2) is 14.1. The number of hydrogen-bond donors (Lipinski definition) is 4. The number of aliphatic carboxylic acids is 2. The van der Waals surface area contributed by atoms with E-state index in [-0.39, 0.29) is 17.9 Å². The molecular formula is C24H34N4O6. The minimum absolute atomic E-state index is 0.0583. The summed E-state index contributed by atoms with van der Waals surface area (Å²) in [5.74, 6) is -0.594. The Morgan fingerprint density at radius 2 is 1.82 bits per heavy atom. The third kappa shape index (κ3) is 9.72. The van der Waals surface area contributed by atoms with Crippen LogP contribution in [0.4, 0.5) is 0 Å². The number of amides is 1. The van der Waals surface area contributed by atoms with E-state index >= 15 is 0 Å². The van der Waals surface area contributed by atoms with Gasteiger partial charge < -0.3 is 30.2 Å². The Morgan fingerprint density at radius 3 is 2.50 bits per heavy atom. The molecule has 2 heterocycles. The molecule has 1 aliphatic heterocycles. The van der Waals surface area contributed by atoms with E-state index < -0.39 is 11.9 Å². The van der Waals surface area contributed by atoms with Crippen LogP contribution >= 0.6 is 0 Å². The molecule has 2 fully saturated rings. The first-order valence-corrected chi connectivity index (χ1v) is 11.3. The van der Waals surface area contributed by atoms with Crippen molar-refractivity contribution >= 4 is 17.8 Å². The summed E-state index contributed by atoms with van der Waals surface area (Å²) in [6.07, 6.45) is 6.74. The Labute approximate surface area is 199 Å². The molecular weight excluding hydrogens is 440 g/mol. The van der Waals surface area contributed by atoms with E-state index in [2.05, 4.69) is 32.3 Å². The van der Waals surface area contributed by atoms with Crippen LogP contribution in [0, 0.1) is 5.92 Å². The van der Waals surface area contributed by atoms with E-state index in [0.717, 1.165) is 58.6 Å². The first-order chi connectivity index (χ1) is 16.3. The highest BCUT2D eigenvalue weighted by Gasteiger charge is 2.35. The van der Waals surface area contributed by atoms with Crippen molar-refractivity contribution in [3.63, 3.8) is 0 Å². The number of carbonyl (C=O) groups is 3. The molecule has 1 saturated carbocycles. The fourth-order valence-electron chi connectivity index (χ4n) is 3.99. The Hall–Kier alpha value is -3.24. The number of nitrogens with zero attached hydrogens (tertiary/aromatic N) is 2. The van der Waals surface area contributed by atoms with Crippen molar-refractivity contribution in [2.45, 2.75) is 58.3 Å². The number of carboxylic acid groups (broad SMARTS) is 2. The third-order valence-electron chi connectivity index (χ3n) is 5.42. The van der Waals surface area contributed by atoms with Gasteiger partial charge >= 0.3 is 0 Å². The summed E-state index contributed by atoms with van der Waals surface area (Å²) in [7, 11) is 0. The number of hydrogen-bond acceptors (Lipinski definition) is 6. The standard InChI is InChI=1S/C20H26N4O2.2C2H4O2/c25-20(16-6-7-18-17(12-16)21-9-11-26-18)23-13-19-22-8-10-24(19)14-15-4-2-1-3-5-15;2*1-2(3)4/h1-5,8,10,16-18,21H,6-7,9,11-14H2,(H,23,25);2*1H3,(H,3,4)/t16-,17+,18+;;/m0../s1. The lowest BCUT2D eigenvalue weighted by atomic mass is 9.82. The van der Waals surface area contributed by atoms with Gasteiger partial charge in [0.2, 0.25) is 5.91 Å². The Bertz CT molecular complexity index is 897. The van der Waals surface area contributed by atoms with Gasteiger partial charge in [0.15, 0.2) is 0 Å². The topological polar surface area (TPSA) is 143 Å². The smallest absolute Gasteiger partial charge is 0.300 e. The maximum Gasteiger partial charge on any atom is 0.300 e. The zero-order chi connectivity index (χ0) is 24.9. The molecule has 1 aromatic heterocycles. The van der Waals surface area contributed by atoms with Gasteiger partial charge in [-0.05, 0) is 24.8 Å². The van der Waals surface area contributed by atoms with Crippen molar-refractivity contribution in [3.05, 3.63) is 54.1 Å². The van der Waals surface area contributed by atoms with Gasteiger partial charge in [-0.2, -0.15) is 0 Å². The first-order valence-electron chi connectivity index (χ1n) is 11.3. The van der Waals surface area contributed by atoms with Gasteiger partial charge in [-0.1, -0.05) is 30.3 Å². The molecule has 34 heavy (non-hydrogen) atoms. The van der Waals surface area contributed by atoms with Crippen LogP contribution in [-0.4, -0.2) is 62.9 Å². The number of ether oxygens (including phenoxy) is 1. The van der Waals surface area contributed by atoms with Crippen LogP contribution in [0.2, 0.25) is 0 Å². The molecule has 1 aromatic carbocycles. The molecule has 4 N–H and O–H groups in total. The number of fused-ring (bicyclic) bond motifs is 1. The lowest BCUT2D eigenvalue weighted by Crippen LogP contribution is -2.53. The average Bonchev–Trinajstić information content (AvgIpc) is 3.24. The molecule has 10 heteroatoms. The van der Waals surface area contributed by atoms with Crippen molar-refractivity contribution in [2.24, 2.45) is 5.92 Å². The van der Waals surface area contributed by atoms with E-state index in [1.165, 1.54) is 5.56 Å². The number of morpholine rings is 1. The van der Waals surface area contributed by atoms with Crippen LogP contribution in [0.3, 0.4) is 0 Å². The molecule has 0 spiro atoms. The highest BCUT2D eigenvalue weighted by molar-refractivity contribution is 5.78.